The zero-order valence-corrected chi connectivity index (χ0v) is 15.9. The lowest BCUT2D eigenvalue weighted by atomic mass is 10.2. The average molecular weight is 383 g/mol. The molecule has 1 amide bonds. The van der Waals surface area contributed by atoms with Gasteiger partial charge in [-0.1, -0.05) is 48.6 Å². The van der Waals surface area contributed by atoms with Gasteiger partial charge in [-0.2, -0.15) is 4.52 Å². The topological polar surface area (TPSA) is 79.6 Å². The van der Waals surface area contributed by atoms with Crippen molar-refractivity contribution in [1.82, 2.24) is 19.9 Å². The molecular weight excluding hydrogens is 362 g/mol. The summed E-state index contributed by atoms with van der Waals surface area (Å²) in [6.07, 6.45) is 2.40. The minimum absolute atomic E-state index is 0.00911. The van der Waals surface area contributed by atoms with Crippen LogP contribution in [0.15, 0.2) is 41.2 Å². The number of aromatic nitrogens is 3. The Morgan fingerprint density at radius 2 is 2.15 bits per heavy atom. The zero-order valence-electron chi connectivity index (χ0n) is 15.1. The molecule has 3 aromatic rings. The molecule has 140 valence electrons. The summed E-state index contributed by atoms with van der Waals surface area (Å²) < 4.78 is 1.33. The third-order valence-corrected chi connectivity index (χ3v) is 5.71. The maximum Gasteiger partial charge on any atom is 0.275 e. The molecular formula is C19H21N5O2S. The summed E-state index contributed by atoms with van der Waals surface area (Å²) in [4.78, 5) is 32.0. The summed E-state index contributed by atoms with van der Waals surface area (Å²) in [5.74, 6) is -0.00911. The van der Waals surface area contributed by atoms with Crippen LogP contribution in [0.2, 0.25) is 0 Å². The van der Waals surface area contributed by atoms with E-state index in [0.717, 1.165) is 30.6 Å². The first kappa shape index (κ1) is 17.7. The number of fused-ring (bicyclic) bond motifs is 1. The molecule has 0 saturated carbocycles. The van der Waals surface area contributed by atoms with Crippen molar-refractivity contribution in [3.8, 4) is 0 Å². The molecule has 1 N–H and O–H groups in total. The van der Waals surface area contributed by atoms with Gasteiger partial charge in [0.15, 0.2) is 0 Å². The van der Waals surface area contributed by atoms with Crippen LogP contribution in [0.4, 0.5) is 5.13 Å². The van der Waals surface area contributed by atoms with Gasteiger partial charge in [0, 0.05) is 24.8 Å². The predicted molar refractivity (Wildman–Crippen MR) is 105 cm³/mol. The minimum atomic E-state index is -0.268. The molecule has 1 aliphatic heterocycles. The quantitative estimate of drug-likeness (QED) is 0.729. The van der Waals surface area contributed by atoms with Crippen LogP contribution in [0.25, 0.3) is 4.96 Å². The minimum Gasteiger partial charge on any atom is -0.350 e. The second-order valence-electron chi connectivity index (χ2n) is 6.57. The van der Waals surface area contributed by atoms with Gasteiger partial charge in [-0.15, -0.1) is 5.10 Å². The van der Waals surface area contributed by atoms with Gasteiger partial charge < -0.3 is 10.2 Å². The molecule has 2 aromatic heterocycles. The van der Waals surface area contributed by atoms with Crippen LogP contribution in [-0.2, 0) is 17.8 Å². The van der Waals surface area contributed by atoms with Crippen molar-refractivity contribution in [3.63, 3.8) is 0 Å². The normalized spacial score (nSPS) is 16.8. The van der Waals surface area contributed by atoms with E-state index in [2.05, 4.69) is 15.4 Å². The van der Waals surface area contributed by atoms with Crippen molar-refractivity contribution in [1.29, 1.82) is 0 Å². The molecule has 1 aromatic carbocycles. The molecule has 7 nitrogen and oxygen atoms in total. The van der Waals surface area contributed by atoms with Crippen molar-refractivity contribution in [2.24, 2.45) is 0 Å². The molecule has 1 aliphatic rings. The second-order valence-corrected chi connectivity index (χ2v) is 7.51. The molecule has 0 aliphatic carbocycles. The molecule has 1 atom stereocenters. The summed E-state index contributed by atoms with van der Waals surface area (Å²) in [5.41, 5.74) is 1.65. The Labute approximate surface area is 160 Å². The first-order chi connectivity index (χ1) is 13.2. The Balaban J connectivity index is 1.54. The Morgan fingerprint density at radius 1 is 1.33 bits per heavy atom. The number of nitrogens with zero attached hydrogens (tertiary/aromatic N) is 4. The molecule has 0 bridgehead atoms. The number of aryl methyl sites for hydroxylation is 1. The van der Waals surface area contributed by atoms with Crippen molar-refractivity contribution in [2.45, 2.75) is 38.8 Å². The van der Waals surface area contributed by atoms with Gasteiger partial charge in [0.1, 0.15) is 6.04 Å². The van der Waals surface area contributed by atoms with Gasteiger partial charge >= 0.3 is 0 Å². The Kier molecular flexibility index (Phi) is 4.89. The second kappa shape index (κ2) is 7.48. The van der Waals surface area contributed by atoms with E-state index < -0.39 is 0 Å². The van der Waals surface area contributed by atoms with E-state index in [0.29, 0.717) is 23.1 Å². The van der Waals surface area contributed by atoms with Crippen molar-refractivity contribution >= 4 is 27.3 Å². The Morgan fingerprint density at radius 3 is 2.93 bits per heavy atom. The number of hydrogen-bond donors (Lipinski definition) is 1. The number of carbonyl (C=O) groups excluding carboxylic acids is 1. The molecule has 0 spiro atoms. The third-order valence-electron chi connectivity index (χ3n) is 4.76. The zero-order chi connectivity index (χ0) is 18.8. The fraction of sp³-hybridized carbons (Fsp3) is 0.368. The molecule has 8 heteroatoms. The van der Waals surface area contributed by atoms with Crippen LogP contribution < -0.4 is 15.8 Å². The van der Waals surface area contributed by atoms with Gasteiger partial charge in [-0.3, -0.25) is 9.59 Å². The number of amides is 1. The molecule has 3 heterocycles. The average Bonchev–Trinajstić information content (AvgIpc) is 3.33. The lowest BCUT2D eigenvalue weighted by Crippen LogP contribution is -2.43. The standard InChI is InChI=1S/C19H21N5O2S/c1-2-14-11-16(25)24-18(21-14)27-19(22-24)23-10-6-9-15(23)17(26)20-12-13-7-4-3-5-8-13/h3-5,7-8,11,15H,2,6,9-10,12H2,1H3,(H,20,26)/t15-/m1/s1. The maximum atomic E-state index is 12.7. The molecule has 1 fully saturated rings. The van der Waals surface area contributed by atoms with Gasteiger partial charge in [0.25, 0.3) is 5.56 Å². The largest absolute Gasteiger partial charge is 0.350 e. The summed E-state index contributed by atoms with van der Waals surface area (Å²) in [6, 6.07) is 11.1. The van der Waals surface area contributed by atoms with Crippen LogP contribution >= 0.6 is 11.3 Å². The van der Waals surface area contributed by atoms with E-state index in [9.17, 15) is 9.59 Å². The highest BCUT2D eigenvalue weighted by Gasteiger charge is 2.33. The first-order valence-electron chi connectivity index (χ1n) is 9.14. The molecule has 0 radical (unpaired) electrons. The van der Waals surface area contributed by atoms with Gasteiger partial charge in [0.2, 0.25) is 16.0 Å². The van der Waals surface area contributed by atoms with Crippen LogP contribution in [0.3, 0.4) is 0 Å². The van der Waals surface area contributed by atoms with Crippen molar-refractivity contribution in [3.05, 3.63) is 58.0 Å². The highest BCUT2D eigenvalue weighted by atomic mass is 32.1. The first-order valence-corrected chi connectivity index (χ1v) is 9.95. The Bertz CT molecular complexity index is 1010. The monoisotopic (exact) mass is 383 g/mol. The number of nitrogens with one attached hydrogen (secondary N) is 1. The maximum absolute atomic E-state index is 12.7. The van der Waals surface area contributed by atoms with E-state index in [1.807, 2.05) is 42.2 Å². The smallest absolute Gasteiger partial charge is 0.275 e. The number of benzene rings is 1. The Hall–Kier alpha value is -2.74. The van der Waals surface area contributed by atoms with Crippen LogP contribution in [0, 0.1) is 0 Å². The summed E-state index contributed by atoms with van der Waals surface area (Å²) in [7, 11) is 0. The van der Waals surface area contributed by atoms with Gasteiger partial charge in [0.05, 0.1) is 0 Å². The fourth-order valence-electron chi connectivity index (χ4n) is 3.31. The lowest BCUT2D eigenvalue weighted by Gasteiger charge is -2.22. The van der Waals surface area contributed by atoms with Gasteiger partial charge in [-0.05, 0) is 24.8 Å². The number of rotatable bonds is 5. The van der Waals surface area contributed by atoms with Gasteiger partial charge in [-0.25, -0.2) is 4.98 Å². The summed E-state index contributed by atoms with van der Waals surface area (Å²) in [5, 5.41) is 8.11. The van der Waals surface area contributed by atoms with Crippen molar-refractivity contribution < 1.29 is 4.79 Å². The summed E-state index contributed by atoms with van der Waals surface area (Å²) in [6.45, 7) is 3.22. The van der Waals surface area contributed by atoms with E-state index in [1.165, 1.54) is 21.9 Å². The number of hydrogen-bond acceptors (Lipinski definition) is 6. The van der Waals surface area contributed by atoms with Crippen molar-refractivity contribution in [2.75, 3.05) is 11.4 Å². The van der Waals surface area contributed by atoms with Crippen LogP contribution in [-0.4, -0.2) is 33.1 Å². The molecule has 4 rings (SSSR count). The SMILES string of the molecule is CCc1cc(=O)n2nc(N3CCC[C@@H]3C(=O)NCc3ccccc3)sc2n1. The number of carbonyl (C=O) groups is 1. The summed E-state index contributed by atoms with van der Waals surface area (Å²) >= 11 is 1.36. The van der Waals surface area contributed by atoms with E-state index in [-0.39, 0.29) is 17.5 Å². The molecule has 0 unspecified atom stereocenters. The highest BCUT2D eigenvalue weighted by molar-refractivity contribution is 7.20. The molecule has 27 heavy (non-hydrogen) atoms. The highest BCUT2D eigenvalue weighted by Crippen LogP contribution is 2.29. The van der Waals surface area contributed by atoms with Crippen LogP contribution in [0.5, 0.6) is 0 Å². The predicted octanol–water partition coefficient (Wildman–Crippen LogP) is 2.00. The lowest BCUT2D eigenvalue weighted by molar-refractivity contribution is -0.122. The fourth-order valence-corrected chi connectivity index (χ4v) is 4.32. The van der Waals surface area contributed by atoms with E-state index >= 15 is 0 Å². The van der Waals surface area contributed by atoms with E-state index in [4.69, 9.17) is 0 Å². The molecule has 1 saturated heterocycles. The third kappa shape index (κ3) is 3.57. The van der Waals surface area contributed by atoms with E-state index in [1.54, 1.807) is 0 Å². The number of anilines is 1. The van der Waals surface area contributed by atoms with Crippen LogP contribution in [0.1, 0.15) is 31.0 Å².